The number of rotatable bonds is 3. The summed E-state index contributed by atoms with van der Waals surface area (Å²) >= 11 is 6.11. The molecule has 0 spiro atoms. The van der Waals surface area contributed by atoms with E-state index in [9.17, 15) is 13.6 Å². The van der Waals surface area contributed by atoms with Crippen LogP contribution in [-0.4, -0.2) is 21.0 Å². The number of para-hydroxylation sites is 1. The van der Waals surface area contributed by atoms with Crippen molar-refractivity contribution in [2.75, 3.05) is 0 Å². The highest BCUT2D eigenvalue weighted by Gasteiger charge is 2.23. The summed E-state index contributed by atoms with van der Waals surface area (Å²) in [4.78, 5) is 14.6. The number of nitrogens with one attached hydrogen (secondary N) is 2. The van der Waals surface area contributed by atoms with E-state index >= 15 is 0 Å². The minimum Gasteiger partial charge on any atom is -0.404 e. The number of allylic oxidation sites excluding steroid dienone is 1. The maximum absolute atomic E-state index is 14.2. The van der Waals surface area contributed by atoms with E-state index in [1.54, 1.807) is 0 Å². The first-order valence-corrected chi connectivity index (χ1v) is 7.04. The van der Waals surface area contributed by atoms with E-state index in [0.717, 1.165) is 29.2 Å². The second-order valence-corrected chi connectivity index (χ2v) is 5.19. The summed E-state index contributed by atoms with van der Waals surface area (Å²) < 4.78 is 29.2. The zero-order valence-corrected chi connectivity index (χ0v) is 12.7. The van der Waals surface area contributed by atoms with E-state index in [-0.39, 0.29) is 27.2 Å². The zero-order valence-electron chi connectivity index (χ0n) is 12.0. The molecular formula is C15H10ClF2N5O. The molecule has 9 heteroatoms. The second kappa shape index (κ2) is 5.89. The third-order valence-electron chi connectivity index (χ3n) is 3.43. The van der Waals surface area contributed by atoms with Gasteiger partial charge in [-0.1, -0.05) is 17.7 Å². The van der Waals surface area contributed by atoms with Gasteiger partial charge in [0.15, 0.2) is 11.6 Å². The van der Waals surface area contributed by atoms with E-state index in [2.05, 4.69) is 10.1 Å². The Labute approximate surface area is 138 Å². The Morgan fingerprint density at radius 3 is 2.62 bits per heavy atom. The molecular weight excluding hydrogens is 340 g/mol. The Hall–Kier alpha value is -3.00. The van der Waals surface area contributed by atoms with Crippen molar-refractivity contribution in [3.8, 4) is 5.69 Å². The summed E-state index contributed by atoms with van der Waals surface area (Å²) in [5.74, 6) is -1.76. The molecule has 0 amide bonds. The summed E-state index contributed by atoms with van der Waals surface area (Å²) in [6.45, 7) is 0. The maximum Gasteiger partial charge on any atom is 0.259 e. The summed E-state index contributed by atoms with van der Waals surface area (Å²) in [6, 6.07) is 3.32. The van der Waals surface area contributed by atoms with Crippen molar-refractivity contribution in [3.05, 3.63) is 63.3 Å². The molecule has 0 fully saturated rings. The number of pyridine rings is 1. The lowest BCUT2D eigenvalue weighted by Gasteiger charge is -2.07. The minimum atomic E-state index is -0.879. The van der Waals surface area contributed by atoms with Crippen molar-refractivity contribution < 1.29 is 8.78 Å². The molecule has 0 bridgehead atoms. The van der Waals surface area contributed by atoms with Crippen LogP contribution in [0.5, 0.6) is 0 Å². The summed E-state index contributed by atoms with van der Waals surface area (Å²) in [6.07, 6.45) is 3.14. The molecule has 0 aliphatic rings. The quantitative estimate of drug-likeness (QED) is 0.633. The van der Waals surface area contributed by atoms with Crippen LogP contribution < -0.4 is 11.3 Å². The molecule has 0 unspecified atom stereocenters. The maximum atomic E-state index is 14.2. The van der Waals surface area contributed by atoms with Gasteiger partial charge in [-0.05, 0) is 12.1 Å². The first-order valence-electron chi connectivity index (χ1n) is 6.66. The second-order valence-electron chi connectivity index (χ2n) is 4.79. The van der Waals surface area contributed by atoms with Gasteiger partial charge < -0.3 is 16.1 Å². The van der Waals surface area contributed by atoms with Crippen molar-refractivity contribution in [2.24, 2.45) is 5.73 Å². The van der Waals surface area contributed by atoms with Gasteiger partial charge in [-0.3, -0.25) is 4.79 Å². The van der Waals surface area contributed by atoms with Crippen LogP contribution in [0.1, 0.15) is 5.69 Å². The lowest BCUT2D eigenvalue weighted by Crippen LogP contribution is -2.07. The molecule has 6 nitrogen and oxygen atoms in total. The number of aromatic amines is 1. The first-order chi connectivity index (χ1) is 11.5. The van der Waals surface area contributed by atoms with Crippen LogP contribution in [0.3, 0.4) is 0 Å². The molecule has 3 rings (SSSR count). The highest BCUT2D eigenvalue weighted by Crippen LogP contribution is 2.30. The molecule has 0 aliphatic carbocycles. The van der Waals surface area contributed by atoms with E-state index in [0.29, 0.717) is 0 Å². The van der Waals surface area contributed by atoms with Crippen LogP contribution in [0.2, 0.25) is 5.02 Å². The van der Waals surface area contributed by atoms with Crippen LogP contribution in [0.15, 0.2) is 35.4 Å². The van der Waals surface area contributed by atoms with E-state index in [4.69, 9.17) is 22.7 Å². The summed E-state index contributed by atoms with van der Waals surface area (Å²) in [5, 5.41) is 11.5. The average Bonchev–Trinajstić information content (AvgIpc) is 2.94. The van der Waals surface area contributed by atoms with Crippen molar-refractivity contribution in [3.63, 3.8) is 0 Å². The van der Waals surface area contributed by atoms with E-state index < -0.39 is 22.9 Å². The fraction of sp³-hybridized carbons (Fsp3) is 0. The summed E-state index contributed by atoms with van der Waals surface area (Å²) in [7, 11) is 0. The molecule has 0 radical (unpaired) electrons. The van der Waals surface area contributed by atoms with Crippen LogP contribution in [0, 0.1) is 17.0 Å². The van der Waals surface area contributed by atoms with E-state index in [1.165, 1.54) is 12.3 Å². The van der Waals surface area contributed by atoms with Crippen LogP contribution >= 0.6 is 11.6 Å². The number of nitrogens with zero attached hydrogens (tertiary/aromatic N) is 2. The lowest BCUT2D eigenvalue weighted by molar-refractivity contribution is 0.563. The third-order valence-corrected chi connectivity index (χ3v) is 3.71. The number of H-pyrrole nitrogens is 1. The molecule has 122 valence electrons. The van der Waals surface area contributed by atoms with Crippen molar-refractivity contribution in [1.29, 1.82) is 5.41 Å². The van der Waals surface area contributed by atoms with Crippen LogP contribution in [0.25, 0.3) is 22.2 Å². The number of hydrogen-bond donors (Lipinski definition) is 3. The molecule has 0 atom stereocenters. The van der Waals surface area contributed by atoms with Gasteiger partial charge in [0.1, 0.15) is 16.9 Å². The highest BCUT2D eigenvalue weighted by atomic mass is 35.5. The predicted octanol–water partition coefficient (Wildman–Crippen LogP) is 2.59. The van der Waals surface area contributed by atoms with Gasteiger partial charge in [0.05, 0.1) is 10.4 Å². The minimum absolute atomic E-state index is 0.00565. The number of hydrogen-bond acceptors (Lipinski definition) is 4. The molecule has 0 aliphatic heterocycles. The molecule has 24 heavy (non-hydrogen) atoms. The molecule has 0 saturated heterocycles. The Balaban J connectivity index is 2.54. The first kappa shape index (κ1) is 15.9. The van der Waals surface area contributed by atoms with Gasteiger partial charge >= 0.3 is 0 Å². The SMILES string of the molecule is N=C/C(=C\N)c1nn(-c2c(F)cccc2F)c2c(Cl)c[nH]c(=O)c12. The Morgan fingerprint density at radius 1 is 1.38 bits per heavy atom. The molecule has 1 aromatic carbocycles. The number of nitrogens with two attached hydrogens (primary N) is 1. The molecule has 4 N–H and O–H groups in total. The summed E-state index contributed by atoms with van der Waals surface area (Å²) in [5.41, 5.74) is 4.50. The molecule has 2 aromatic heterocycles. The monoisotopic (exact) mass is 349 g/mol. The van der Waals surface area contributed by atoms with Crippen LogP contribution in [0.4, 0.5) is 8.78 Å². The number of fused-ring (bicyclic) bond motifs is 1. The highest BCUT2D eigenvalue weighted by molar-refractivity contribution is 6.35. The Morgan fingerprint density at radius 2 is 2.04 bits per heavy atom. The van der Waals surface area contributed by atoms with Crippen molar-refractivity contribution in [2.45, 2.75) is 0 Å². The third kappa shape index (κ3) is 2.28. The number of aromatic nitrogens is 3. The van der Waals surface area contributed by atoms with Crippen molar-refractivity contribution >= 4 is 34.3 Å². The standard InChI is InChI=1S/C15H10ClF2N5O/c16-8-6-21-15(24)11-12(7(4-19)5-20)22-23(13(8)11)14-9(17)2-1-3-10(14)18/h1-6,19H,20H2,(H,21,24)/b7-5+,19-4?. The van der Waals surface area contributed by atoms with Crippen LogP contribution in [-0.2, 0) is 0 Å². The number of halogens is 3. The fourth-order valence-electron chi connectivity index (χ4n) is 2.37. The van der Waals surface area contributed by atoms with Gasteiger partial charge in [-0.2, -0.15) is 5.10 Å². The number of benzene rings is 1. The fourth-order valence-corrected chi connectivity index (χ4v) is 2.60. The van der Waals surface area contributed by atoms with Crippen molar-refractivity contribution in [1.82, 2.24) is 14.8 Å². The largest absolute Gasteiger partial charge is 0.404 e. The molecule has 2 heterocycles. The predicted molar refractivity (Wildman–Crippen MR) is 87.6 cm³/mol. The van der Waals surface area contributed by atoms with Gasteiger partial charge in [0.25, 0.3) is 5.56 Å². The zero-order chi connectivity index (χ0) is 17.4. The smallest absolute Gasteiger partial charge is 0.259 e. The van der Waals surface area contributed by atoms with Gasteiger partial charge in [0, 0.05) is 24.2 Å². The molecule has 0 saturated carbocycles. The molecule has 3 aromatic rings. The van der Waals surface area contributed by atoms with Gasteiger partial charge in [0.2, 0.25) is 0 Å². The Bertz CT molecular complexity index is 1030. The van der Waals surface area contributed by atoms with E-state index in [1.807, 2.05) is 0 Å². The van der Waals surface area contributed by atoms with Gasteiger partial charge in [-0.15, -0.1) is 0 Å². The van der Waals surface area contributed by atoms with Gasteiger partial charge in [-0.25, -0.2) is 13.5 Å². The normalized spacial score (nSPS) is 11.9. The average molecular weight is 350 g/mol. The lowest BCUT2D eigenvalue weighted by atomic mass is 10.1. The topological polar surface area (TPSA) is 101 Å². The Kier molecular flexibility index (Phi) is 3.90.